The van der Waals surface area contributed by atoms with E-state index >= 15 is 0 Å². The molecule has 7 rings (SSSR count). The number of rotatable bonds is 6. The normalized spacial score (nSPS) is 29.2. The Morgan fingerprint density at radius 3 is 2.00 bits per heavy atom. The van der Waals surface area contributed by atoms with Crippen LogP contribution in [0.3, 0.4) is 0 Å². The maximum atomic E-state index is 13.3. The number of esters is 1. The van der Waals surface area contributed by atoms with Gasteiger partial charge >= 0.3 is 5.97 Å². The molecule has 0 unspecified atom stereocenters. The Bertz CT molecular complexity index is 1240. The quantitative estimate of drug-likeness (QED) is 0.375. The predicted molar refractivity (Wildman–Crippen MR) is 133 cm³/mol. The van der Waals surface area contributed by atoms with Crippen LogP contribution in [-0.4, -0.2) is 30.3 Å². The third kappa shape index (κ3) is 3.65. The number of hydrogen-bond donors (Lipinski definition) is 1. The molecular formula is C29H28N2O5. The number of amides is 3. The molecule has 5 aliphatic rings. The van der Waals surface area contributed by atoms with Crippen molar-refractivity contribution in [2.24, 2.45) is 41.4 Å². The summed E-state index contributed by atoms with van der Waals surface area (Å²) in [6, 6.07) is 13.1. The van der Waals surface area contributed by atoms with E-state index in [2.05, 4.69) is 17.5 Å². The second kappa shape index (κ2) is 8.43. The summed E-state index contributed by atoms with van der Waals surface area (Å²) in [5.41, 5.74) is 1.87. The summed E-state index contributed by atoms with van der Waals surface area (Å²) in [4.78, 5) is 52.7. The zero-order valence-electron chi connectivity index (χ0n) is 20.2. The molecule has 0 aromatic heterocycles. The lowest BCUT2D eigenvalue weighted by molar-refractivity contribution is -0.124. The molecule has 7 nitrogen and oxygen atoms in total. The second-order valence-corrected chi connectivity index (χ2v) is 10.7. The van der Waals surface area contributed by atoms with Gasteiger partial charge in [-0.1, -0.05) is 26.0 Å². The Balaban J connectivity index is 1.12. The number of nitrogens with one attached hydrogen (secondary N) is 1. The highest BCUT2D eigenvalue weighted by molar-refractivity contribution is 6.22. The standard InChI is InChI=1S/C29H28N2O5/c1-15(2)14-36-29(35)17-3-7-18(8-4-17)30-26(32)16-5-9-19(10-6-16)31-27(33)24-20-11-12-21(23-13-22(20)23)25(24)28(31)34/h3-12,15,20-25H,13-14H2,1-2H3,(H,30,32)/t20-,21-,22-,23-,24-,25+/m0/s1. The van der Waals surface area contributed by atoms with Gasteiger partial charge in [0.15, 0.2) is 0 Å². The molecule has 1 heterocycles. The van der Waals surface area contributed by atoms with E-state index in [0.717, 1.165) is 6.42 Å². The Morgan fingerprint density at radius 1 is 0.889 bits per heavy atom. The van der Waals surface area contributed by atoms with Crippen LogP contribution in [0.15, 0.2) is 60.7 Å². The first-order valence-corrected chi connectivity index (χ1v) is 12.6. The van der Waals surface area contributed by atoms with Gasteiger partial charge in [0.1, 0.15) is 0 Å². The van der Waals surface area contributed by atoms with Crippen LogP contribution in [0.1, 0.15) is 41.0 Å². The molecule has 1 saturated heterocycles. The number of nitrogens with zero attached hydrogens (tertiary/aromatic N) is 1. The Labute approximate surface area is 209 Å². The lowest BCUT2D eigenvalue weighted by Gasteiger charge is -2.37. The number of ether oxygens (including phenoxy) is 1. The van der Waals surface area contributed by atoms with Crippen LogP contribution in [0.4, 0.5) is 11.4 Å². The van der Waals surface area contributed by atoms with Gasteiger partial charge in [0.2, 0.25) is 11.8 Å². The van der Waals surface area contributed by atoms with Crippen LogP contribution in [0, 0.1) is 41.4 Å². The average Bonchev–Trinajstić information content (AvgIpc) is 3.66. The van der Waals surface area contributed by atoms with Gasteiger partial charge < -0.3 is 10.1 Å². The molecule has 2 bridgehead atoms. The number of benzene rings is 2. The Kier molecular flexibility index (Phi) is 5.32. The first-order chi connectivity index (χ1) is 17.3. The highest BCUT2D eigenvalue weighted by Crippen LogP contribution is 2.65. The lowest BCUT2D eigenvalue weighted by atomic mass is 9.63. The minimum Gasteiger partial charge on any atom is -0.462 e. The van der Waals surface area contributed by atoms with Gasteiger partial charge in [-0.15, -0.1) is 0 Å². The molecule has 2 aromatic carbocycles. The molecule has 6 atom stereocenters. The number of carbonyl (C=O) groups is 4. The van der Waals surface area contributed by atoms with Gasteiger partial charge in [0.25, 0.3) is 5.91 Å². The molecule has 2 aromatic rings. The zero-order valence-corrected chi connectivity index (χ0v) is 20.2. The number of allylic oxidation sites excluding steroid dienone is 2. The molecule has 1 N–H and O–H groups in total. The highest BCUT2D eigenvalue weighted by Gasteiger charge is 2.67. The minimum absolute atomic E-state index is 0.112. The molecule has 184 valence electrons. The van der Waals surface area contributed by atoms with Crippen LogP contribution in [0.5, 0.6) is 0 Å². The van der Waals surface area contributed by atoms with Gasteiger partial charge in [0.05, 0.1) is 29.7 Å². The largest absolute Gasteiger partial charge is 0.462 e. The SMILES string of the molecule is CC(C)COC(=O)c1ccc(NC(=O)c2ccc(N3C(=O)[C@@H]4[C@H]5C=C[C@@H]([C@@H]6C[C@@H]56)[C@@H]4C3=O)cc2)cc1. The van der Waals surface area contributed by atoms with E-state index in [1.54, 1.807) is 48.5 Å². The topological polar surface area (TPSA) is 92.8 Å². The Hall–Kier alpha value is -3.74. The molecule has 3 amide bonds. The smallest absolute Gasteiger partial charge is 0.338 e. The van der Waals surface area contributed by atoms with Crippen LogP contribution >= 0.6 is 0 Å². The van der Waals surface area contributed by atoms with Crippen molar-refractivity contribution in [1.29, 1.82) is 0 Å². The zero-order chi connectivity index (χ0) is 25.1. The van der Waals surface area contributed by atoms with Crippen molar-refractivity contribution in [2.75, 3.05) is 16.8 Å². The fourth-order valence-electron chi connectivity index (χ4n) is 6.19. The van der Waals surface area contributed by atoms with Crippen molar-refractivity contribution >= 4 is 35.1 Å². The summed E-state index contributed by atoms with van der Waals surface area (Å²) in [5.74, 6) is 0.290. The fraction of sp³-hybridized carbons (Fsp3) is 0.379. The summed E-state index contributed by atoms with van der Waals surface area (Å²) in [6.07, 6.45) is 5.44. The molecule has 0 spiro atoms. The number of anilines is 2. The fourth-order valence-corrected chi connectivity index (χ4v) is 6.19. The van der Waals surface area contributed by atoms with Crippen molar-refractivity contribution in [3.05, 3.63) is 71.8 Å². The van der Waals surface area contributed by atoms with Crippen LogP contribution < -0.4 is 10.2 Å². The second-order valence-electron chi connectivity index (χ2n) is 10.7. The molecular weight excluding hydrogens is 456 g/mol. The van der Waals surface area contributed by atoms with Gasteiger partial charge in [-0.2, -0.15) is 0 Å². The number of carbonyl (C=O) groups excluding carboxylic acids is 4. The average molecular weight is 485 g/mol. The summed E-state index contributed by atoms with van der Waals surface area (Å²) in [7, 11) is 0. The molecule has 7 heteroatoms. The van der Waals surface area contributed by atoms with Gasteiger partial charge in [-0.3, -0.25) is 19.3 Å². The van der Waals surface area contributed by atoms with E-state index in [9.17, 15) is 19.2 Å². The van der Waals surface area contributed by atoms with Crippen molar-refractivity contribution in [3.63, 3.8) is 0 Å². The number of hydrogen-bond acceptors (Lipinski definition) is 5. The lowest BCUT2D eigenvalue weighted by Crippen LogP contribution is -2.40. The van der Waals surface area contributed by atoms with Crippen LogP contribution in [-0.2, 0) is 14.3 Å². The van der Waals surface area contributed by atoms with Crippen LogP contribution in [0.2, 0.25) is 0 Å². The van der Waals surface area contributed by atoms with Crippen LogP contribution in [0.25, 0.3) is 0 Å². The van der Waals surface area contributed by atoms with Crippen molar-refractivity contribution in [2.45, 2.75) is 20.3 Å². The van der Waals surface area contributed by atoms with Gasteiger partial charge in [0, 0.05) is 11.3 Å². The van der Waals surface area contributed by atoms with Gasteiger partial charge in [-0.25, -0.2) is 4.79 Å². The molecule has 3 fully saturated rings. The summed E-state index contributed by atoms with van der Waals surface area (Å²) < 4.78 is 5.22. The third-order valence-electron chi connectivity index (χ3n) is 7.98. The Morgan fingerprint density at radius 2 is 1.44 bits per heavy atom. The van der Waals surface area contributed by atoms with E-state index < -0.39 is 5.97 Å². The molecule has 2 saturated carbocycles. The monoisotopic (exact) mass is 484 g/mol. The first-order valence-electron chi connectivity index (χ1n) is 12.6. The summed E-state index contributed by atoms with van der Waals surface area (Å²) in [6.45, 7) is 4.28. The maximum absolute atomic E-state index is 13.3. The predicted octanol–water partition coefficient (Wildman–Crippen LogP) is 4.31. The minimum atomic E-state index is -0.399. The summed E-state index contributed by atoms with van der Waals surface area (Å²) >= 11 is 0. The van der Waals surface area contributed by atoms with E-state index in [1.165, 1.54) is 4.90 Å². The van der Waals surface area contributed by atoms with E-state index in [-0.39, 0.29) is 47.3 Å². The van der Waals surface area contributed by atoms with E-state index in [0.29, 0.717) is 40.9 Å². The maximum Gasteiger partial charge on any atom is 0.338 e. The van der Waals surface area contributed by atoms with Crippen molar-refractivity contribution in [3.8, 4) is 0 Å². The van der Waals surface area contributed by atoms with E-state index in [4.69, 9.17) is 4.74 Å². The molecule has 0 radical (unpaired) electrons. The number of imide groups is 1. The third-order valence-corrected chi connectivity index (χ3v) is 7.98. The highest BCUT2D eigenvalue weighted by atomic mass is 16.5. The van der Waals surface area contributed by atoms with Gasteiger partial charge in [-0.05, 0) is 84.5 Å². The van der Waals surface area contributed by atoms with Crippen molar-refractivity contribution < 1.29 is 23.9 Å². The molecule has 36 heavy (non-hydrogen) atoms. The first kappa shape index (κ1) is 22.7. The molecule has 1 aliphatic heterocycles. The molecule has 4 aliphatic carbocycles. The van der Waals surface area contributed by atoms with E-state index in [1.807, 2.05) is 13.8 Å². The van der Waals surface area contributed by atoms with Crippen molar-refractivity contribution in [1.82, 2.24) is 0 Å². The summed E-state index contributed by atoms with van der Waals surface area (Å²) in [5, 5.41) is 2.80.